The zero-order valence-electron chi connectivity index (χ0n) is 14.1. The molecule has 0 bridgehead atoms. The quantitative estimate of drug-likeness (QED) is 0.831. The fraction of sp³-hybridized carbons (Fsp3) is 0.294. The number of aromatic nitrogens is 2. The second-order valence-corrected chi connectivity index (χ2v) is 6.31. The Hall–Kier alpha value is -2.74. The highest BCUT2D eigenvalue weighted by Gasteiger charge is 2.34. The van der Waals surface area contributed by atoms with Crippen LogP contribution in [-0.4, -0.2) is 30.9 Å². The van der Waals surface area contributed by atoms with E-state index >= 15 is 0 Å². The number of amides is 1. The summed E-state index contributed by atoms with van der Waals surface area (Å²) in [6.45, 7) is 1.42. The molecule has 0 aliphatic carbocycles. The summed E-state index contributed by atoms with van der Waals surface area (Å²) in [4.78, 5) is 24.6. The van der Waals surface area contributed by atoms with E-state index in [2.05, 4.69) is 5.10 Å². The summed E-state index contributed by atoms with van der Waals surface area (Å²) < 4.78 is 2.83. The normalized spacial score (nSPS) is 16.8. The Bertz CT molecular complexity index is 991. The maximum absolute atomic E-state index is 12.6. The molecule has 1 atom stereocenters. The summed E-state index contributed by atoms with van der Waals surface area (Å²) in [5.41, 5.74) is 0.921. The van der Waals surface area contributed by atoms with Crippen molar-refractivity contribution in [3.05, 3.63) is 56.6 Å². The Morgan fingerprint density at radius 1 is 1.24 bits per heavy atom. The number of hydrogen-bond donors (Lipinski definition) is 1. The maximum atomic E-state index is 12.6. The fourth-order valence-electron chi connectivity index (χ4n) is 2.97. The largest absolute Gasteiger partial charge is 0.494 e. The minimum atomic E-state index is -0.434. The Balaban J connectivity index is 2.14. The molecule has 0 saturated carbocycles. The van der Waals surface area contributed by atoms with E-state index in [0.717, 1.165) is 5.56 Å². The van der Waals surface area contributed by atoms with E-state index in [4.69, 9.17) is 12.2 Å². The van der Waals surface area contributed by atoms with Gasteiger partial charge in [0.25, 0.3) is 5.56 Å². The summed E-state index contributed by atoms with van der Waals surface area (Å²) in [6, 6.07) is 9.16. The summed E-state index contributed by atoms with van der Waals surface area (Å²) in [6.07, 6.45) is 0.336. The fourth-order valence-corrected chi connectivity index (χ4v) is 3.14. The van der Waals surface area contributed by atoms with Crippen molar-refractivity contribution < 1.29 is 9.90 Å². The lowest BCUT2D eigenvalue weighted by Gasteiger charge is -2.20. The molecule has 1 aromatic heterocycles. The van der Waals surface area contributed by atoms with E-state index < -0.39 is 5.56 Å². The molecule has 2 aromatic rings. The first-order valence-corrected chi connectivity index (χ1v) is 8.15. The van der Waals surface area contributed by atoms with Gasteiger partial charge in [0.15, 0.2) is 4.77 Å². The van der Waals surface area contributed by atoms with Gasteiger partial charge in [-0.05, 0) is 17.8 Å². The van der Waals surface area contributed by atoms with E-state index in [1.54, 1.807) is 14.1 Å². The highest BCUT2D eigenvalue weighted by molar-refractivity contribution is 7.71. The number of rotatable bonds is 2. The van der Waals surface area contributed by atoms with Crippen LogP contribution in [0.4, 0.5) is 0 Å². The average molecular weight is 358 g/mol. The third-order valence-corrected chi connectivity index (χ3v) is 4.89. The highest BCUT2D eigenvalue weighted by atomic mass is 32.1. The highest BCUT2D eigenvalue weighted by Crippen LogP contribution is 2.33. The van der Waals surface area contributed by atoms with Gasteiger partial charge in [-0.2, -0.15) is 5.10 Å². The number of hydrazone groups is 1. The molecule has 130 valence electrons. The lowest BCUT2D eigenvalue weighted by Crippen LogP contribution is -2.28. The third-order valence-electron chi connectivity index (χ3n) is 4.34. The van der Waals surface area contributed by atoms with E-state index in [9.17, 15) is 14.7 Å². The van der Waals surface area contributed by atoms with Crippen molar-refractivity contribution in [2.75, 3.05) is 0 Å². The Kier molecular flexibility index (Phi) is 4.30. The summed E-state index contributed by atoms with van der Waals surface area (Å²) in [5.74, 6) is -0.478. The van der Waals surface area contributed by atoms with Gasteiger partial charge in [-0.1, -0.05) is 30.3 Å². The van der Waals surface area contributed by atoms with Gasteiger partial charge >= 0.3 is 0 Å². The van der Waals surface area contributed by atoms with E-state index in [0.29, 0.717) is 12.1 Å². The van der Waals surface area contributed by atoms with Crippen LogP contribution in [0.5, 0.6) is 5.88 Å². The molecule has 3 rings (SSSR count). The average Bonchev–Trinajstić information content (AvgIpc) is 3.04. The molecule has 8 heteroatoms. The van der Waals surface area contributed by atoms with Crippen LogP contribution in [-0.2, 0) is 18.9 Å². The number of nitrogens with zero attached hydrogens (tertiary/aromatic N) is 4. The zero-order valence-corrected chi connectivity index (χ0v) is 14.9. The minimum Gasteiger partial charge on any atom is -0.494 e. The predicted molar refractivity (Wildman–Crippen MR) is 96.0 cm³/mol. The number of carbonyl (C=O) groups excluding carboxylic acids is 1. The second-order valence-electron chi connectivity index (χ2n) is 5.95. The van der Waals surface area contributed by atoms with Crippen molar-refractivity contribution in [2.45, 2.75) is 19.4 Å². The van der Waals surface area contributed by atoms with E-state index in [-0.39, 0.29) is 28.2 Å². The first kappa shape index (κ1) is 17.1. The summed E-state index contributed by atoms with van der Waals surface area (Å²) in [5, 5.41) is 16.1. The summed E-state index contributed by atoms with van der Waals surface area (Å²) >= 11 is 5.13. The smallest absolute Gasteiger partial charge is 0.267 e. The third kappa shape index (κ3) is 2.78. The molecule has 25 heavy (non-hydrogen) atoms. The van der Waals surface area contributed by atoms with E-state index in [1.165, 1.54) is 21.1 Å². The second kappa shape index (κ2) is 6.29. The first-order valence-electron chi connectivity index (χ1n) is 7.74. The molecular formula is C17H18N4O3S. The van der Waals surface area contributed by atoms with Crippen LogP contribution in [0.15, 0.2) is 40.2 Å². The molecule has 1 aliphatic rings. The molecule has 1 unspecified atom stereocenters. The van der Waals surface area contributed by atoms with Crippen LogP contribution < -0.4 is 5.56 Å². The SMILES string of the molecule is CC(=O)N1N=C(c2c(O)n(C)c(=S)n(C)c2=O)CC1c1ccccc1. The first-order chi connectivity index (χ1) is 11.8. The Labute approximate surface area is 149 Å². The van der Waals surface area contributed by atoms with Crippen LogP contribution in [0.25, 0.3) is 0 Å². The molecule has 0 radical (unpaired) electrons. The number of benzene rings is 1. The van der Waals surface area contributed by atoms with E-state index in [1.807, 2.05) is 30.3 Å². The van der Waals surface area contributed by atoms with Crippen LogP contribution in [0.2, 0.25) is 0 Å². The van der Waals surface area contributed by atoms with Crippen molar-refractivity contribution in [3.8, 4) is 5.88 Å². The molecule has 1 aromatic carbocycles. The van der Waals surface area contributed by atoms with Gasteiger partial charge in [0.05, 0.1) is 11.8 Å². The maximum Gasteiger partial charge on any atom is 0.267 e. The van der Waals surface area contributed by atoms with Gasteiger partial charge in [0.1, 0.15) is 5.56 Å². The van der Waals surface area contributed by atoms with Crippen LogP contribution >= 0.6 is 12.2 Å². The molecular weight excluding hydrogens is 340 g/mol. The molecule has 1 aliphatic heterocycles. The van der Waals surface area contributed by atoms with Crippen molar-refractivity contribution in [1.29, 1.82) is 0 Å². The van der Waals surface area contributed by atoms with Gasteiger partial charge in [-0.3, -0.25) is 18.7 Å². The van der Waals surface area contributed by atoms with Gasteiger partial charge in [-0.15, -0.1) is 0 Å². The monoisotopic (exact) mass is 358 g/mol. The summed E-state index contributed by atoms with van der Waals surface area (Å²) in [7, 11) is 3.12. The van der Waals surface area contributed by atoms with Gasteiger partial charge in [0.2, 0.25) is 11.8 Å². The van der Waals surface area contributed by atoms with Gasteiger partial charge in [-0.25, -0.2) is 5.01 Å². The van der Waals surface area contributed by atoms with Crippen LogP contribution in [0.1, 0.15) is 30.5 Å². The lowest BCUT2D eigenvalue weighted by molar-refractivity contribution is -0.130. The molecule has 1 amide bonds. The van der Waals surface area contributed by atoms with Crippen molar-refractivity contribution in [3.63, 3.8) is 0 Å². The van der Waals surface area contributed by atoms with Gasteiger partial charge < -0.3 is 5.11 Å². The van der Waals surface area contributed by atoms with Crippen molar-refractivity contribution in [1.82, 2.24) is 14.1 Å². The number of aromatic hydroxyl groups is 1. The number of hydrogen-bond acceptors (Lipinski definition) is 5. The molecule has 0 spiro atoms. The predicted octanol–water partition coefficient (Wildman–Crippen LogP) is 1.86. The molecule has 0 fully saturated rings. The van der Waals surface area contributed by atoms with Crippen molar-refractivity contribution >= 4 is 23.8 Å². The van der Waals surface area contributed by atoms with Gasteiger partial charge in [0, 0.05) is 27.4 Å². The molecule has 0 saturated heterocycles. The minimum absolute atomic E-state index is 0.0725. The standard InChI is InChI=1S/C17H18N4O3S/c1-10(22)21-13(11-7-5-4-6-8-11)9-12(18-21)14-15(23)19(2)17(25)20(3)16(14)24/h4-8,13,23H,9H2,1-3H3. The number of carbonyl (C=O) groups is 1. The molecule has 2 heterocycles. The lowest BCUT2D eigenvalue weighted by atomic mass is 9.99. The van der Waals surface area contributed by atoms with Crippen LogP contribution in [0.3, 0.4) is 0 Å². The zero-order chi connectivity index (χ0) is 18.3. The Morgan fingerprint density at radius 3 is 2.48 bits per heavy atom. The van der Waals surface area contributed by atoms with Crippen LogP contribution in [0, 0.1) is 4.77 Å². The topological polar surface area (TPSA) is 79.8 Å². The molecule has 1 N–H and O–H groups in total. The molecule has 7 nitrogen and oxygen atoms in total. The Morgan fingerprint density at radius 2 is 1.88 bits per heavy atom. The van der Waals surface area contributed by atoms with Crippen molar-refractivity contribution in [2.24, 2.45) is 19.2 Å².